The van der Waals surface area contributed by atoms with Crippen LogP contribution in [0.4, 0.5) is 0 Å². The van der Waals surface area contributed by atoms with Gasteiger partial charge in [0.1, 0.15) is 5.75 Å². The van der Waals surface area contributed by atoms with E-state index < -0.39 is 0 Å². The molecule has 2 aromatic carbocycles. The molecule has 0 bridgehead atoms. The standard InChI is InChI=1S/C22H25N3O2S/c1-2-26-19-13-11-18(12-14-19)25-21(17-8-4-3-5-9-17)23-24-22(25)28-16-20-10-6-7-15-27-20/h3-5,8-9,11-14,20H,2,6-7,10,15-16H2,1H3/t20-/m1/s1. The van der Waals surface area contributed by atoms with Crippen LogP contribution in [0.1, 0.15) is 26.2 Å². The predicted molar refractivity (Wildman–Crippen MR) is 112 cm³/mol. The maximum Gasteiger partial charge on any atom is 0.196 e. The van der Waals surface area contributed by atoms with Crippen molar-refractivity contribution in [3.8, 4) is 22.8 Å². The van der Waals surface area contributed by atoms with Crippen molar-refractivity contribution in [3.63, 3.8) is 0 Å². The van der Waals surface area contributed by atoms with Gasteiger partial charge in [0, 0.05) is 23.6 Å². The van der Waals surface area contributed by atoms with E-state index in [4.69, 9.17) is 9.47 Å². The monoisotopic (exact) mass is 395 g/mol. The summed E-state index contributed by atoms with van der Waals surface area (Å²) in [5.41, 5.74) is 2.07. The zero-order valence-electron chi connectivity index (χ0n) is 16.1. The molecule has 2 heterocycles. The Balaban J connectivity index is 1.65. The van der Waals surface area contributed by atoms with E-state index in [0.717, 1.165) is 46.8 Å². The van der Waals surface area contributed by atoms with Gasteiger partial charge in [-0.3, -0.25) is 4.57 Å². The van der Waals surface area contributed by atoms with Crippen molar-refractivity contribution in [1.29, 1.82) is 0 Å². The van der Waals surface area contributed by atoms with Crippen molar-refractivity contribution in [2.75, 3.05) is 19.0 Å². The summed E-state index contributed by atoms with van der Waals surface area (Å²) in [5.74, 6) is 2.60. The highest BCUT2D eigenvalue weighted by molar-refractivity contribution is 7.99. The highest BCUT2D eigenvalue weighted by atomic mass is 32.2. The average Bonchev–Trinajstić information content (AvgIpc) is 3.18. The smallest absolute Gasteiger partial charge is 0.196 e. The molecule has 4 rings (SSSR count). The van der Waals surface area contributed by atoms with Gasteiger partial charge in [0.05, 0.1) is 12.7 Å². The zero-order valence-corrected chi connectivity index (χ0v) is 16.9. The molecule has 5 nitrogen and oxygen atoms in total. The van der Waals surface area contributed by atoms with E-state index in [0.29, 0.717) is 12.7 Å². The molecule has 0 spiro atoms. The van der Waals surface area contributed by atoms with Gasteiger partial charge in [0.25, 0.3) is 0 Å². The van der Waals surface area contributed by atoms with E-state index >= 15 is 0 Å². The third kappa shape index (κ3) is 4.39. The van der Waals surface area contributed by atoms with Gasteiger partial charge in [-0.15, -0.1) is 10.2 Å². The summed E-state index contributed by atoms with van der Waals surface area (Å²) in [7, 11) is 0. The first-order valence-electron chi connectivity index (χ1n) is 9.83. The summed E-state index contributed by atoms with van der Waals surface area (Å²) < 4.78 is 13.6. The summed E-state index contributed by atoms with van der Waals surface area (Å²) >= 11 is 1.71. The first kappa shape index (κ1) is 19.0. The predicted octanol–water partition coefficient (Wildman–Crippen LogP) is 4.99. The first-order chi connectivity index (χ1) is 13.8. The third-order valence-corrected chi connectivity index (χ3v) is 5.80. The molecule has 0 aliphatic carbocycles. The minimum atomic E-state index is 0.296. The third-order valence-electron chi connectivity index (χ3n) is 4.74. The highest BCUT2D eigenvalue weighted by Gasteiger charge is 2.19. The van der Waals surface area contributed by atoms with E-state index in [1.54, 1.807) is 11.8 Å². The highest BCUT2D eigenvalue weighted by Crippen LogP contribution is 2.30. The maximum atomic E-state index is 5.88. The lowest BCUT2D eigenvalue weighted by Gasteiger charge is -2.22. The normalized spacial score (nSPS) is 16.8. The van der Waals surface area contributed by atoms with Gasteiger partial charge < -0.3 is 9.47 Å². The summed E-state index contributed by atoms with van der Waals surface area (Å²) in [6.45, 7) is 3.51. The first-order valence-corrected chi connectivity index (χ1v) is 10.8. The molecule has 146 valence electrons. The molecule has 6 heteroatoms. The summed E-state index contributed by atoms with van der Waals surface area (Å²) in [6.07, 6.45) is 3.83. The molecule has 1 saturated heterocycles. The van der Waals surface area contributed by atoms with E-state index in [-0.39, 0.29) is 0 Å². The number of aromatic nitrogens is 3. The van der Waals surface area contributed by atoms with Crippen LogP contribution in [0.15, 0.2) is 59.8 Å². The second-order valence-electron chi connectivity index (χ2n) is 6.73. The quantitative estimate of drug-likeness (QED) is 0.527. The molecule has 0 saturated carbocycles. The van der Waals surface area contributed by atoms with Crippen molar-refractivity contribution in [2.45, 2.75) is 37.4 Å². The molecule has 3 aromatic rings. The lowest BCUT2D eigenvalue weighted by atomic mass is 10.1. The zero-order chi connectivity index (χ0) is 19.2. The van der Waals surface area contributed by atoms with Crippen molar-refractivity contribution in [2.24, 2.45) is 0 Å². The fraction of sp³-hybridized carbons (Fsp3) is 0.364. The fourth-order valence-corrected chi connectivity index (χ4v) is 4.35. The van der Waals surface area contributed by atoms with Crippen LogP contribution in [0.5, 0.6) is 5.75 Å². The number of ether oxygens (including phenoxy) is 2. The molecule has 1 aliphatic rings. The van der Waals surface area contributed by atoms with Gasteiger partial charge in [-0.05, 0) is 50.5 Å². The van der Waals surface area contributed by atoms with Crippen LogP contribution in [0.2, 0.25) is 0 Å². The Morgan fingerprint density at radius 3 is 2.61 bits per heavy atom. The van der Waals surface area contributed by atoms with Gasteiger partial charge in [-0.1, -0.05) is 42.1 Å². The SMILES string of the molecule is CCOc1ccc(-n2c(SC[C@H]3CCCCO3)nnc2-c2ccccc2)cc1. The van der Waals surface area contributed by atoms with Crippen molar-refractivity contribution >= 4 is 11.8 Å². The minimum absolute atomic E-state index is 0.296. The molecular formula is C22H25N3O2S. The van der Waals surface area contributed by atoms with Crippen LogP contribution < -0.4 is 4.74 Å². The molecule has 1 atom stereocenters. The molecule has 0 radical (unpaired) electrons. The molecule has 0 N–H and O–H groups in total. The Bertz CT molecular complexity index is 875. The molecule has 1 aromatic heterocycles. The van der Waals surface area contributed by atoms with Gasteiger partial charge in [0.2, 0.25) is 0 Å². The largest absolute Gasteiger partial charge is 0.494 e. The summed E-state index contributed by atoms with van der Waals surface area (Å²) in [5, 5.41) is 9.89. The molecule has 1 aliphatic heterocycles. The van der Waals surface area contributed by atoms with Crippen LogP contribution >= 0.6 is 11.8 Å². The lowest BCUT2D eigenvalue weighted by Crippen LogP contribution is -2.21. The Kier molecular flexibility index (Phi) is 6.29. The topological polar surface area (TPSA) is 49.2 Å². The van der Waals surface area contributed by atoms with Gasteiger partial charge >= 0.3 is 0 Å². The molecule has 1 fully saturated rings. The van der Waals surface area contributed by atoms with E-state index in [2.05, 4.69) is 39.0 Å². The number of rotatable bonds is 7. The molecule has 0 unspecified atom stereocenters. The van der Waals surface area contributed by atoms with Crippen molar-refractivity contribution in [1.82, 2.24) is 14.8 Å². The summed E-state index contributed by atoms with van der Waals surface area (Å²) in [4.78, 5) is 0. The second kappa shape index (κ2) is 9.26. The van der Waals surface area contributed by atoms with E-state index in [9.17, 15) is 0 Å². The van der Waals surface area contributed by atoms with Crippen LogP contribution in [0.25, 0.3) is 17.1 Å². The lowest BCUT2D eigenvalue weighted by molar-refractivity contribution is 0.0315. The van der Waals surface area contributed by atoms with Crippen molar-refractivity contribution < 1.29 is 9.47 Å². The number of thioether (sulfide) groups is 1. The Hall–Kier alpha value is -2.31. The molecular weight excluding hydrogens is 370 g/mol. The van der Waals surface area contributed by atoms with Crippen molar-refractivity contribution in [3.05, 3.63) is 54.6 Å². The van der Waals surface area contributed by atoms with E-state index in [1.165, 1.54) is 12.8 Å². The number of hydrogen-bond acceptors (Lipinski definition) is 5. The molecule has 28 heavy (non-hydrogen) atoms. The number of nitrogens with zero attached hydrogens (tertiary/aromatic N) is 3. The minimum Gasteiger partial charge on any atom is -0.494 e. The Labute approximate surface area is 170 Å². The van der Waals surface area contributed by atoms with Gasteiger partial charge in [0.15, 0.2) is 11.0 Å². The fourth-order valence-electron chi connectivity index (χ4n) is 3.33. The van der Waals surface area contributed by atoms with Crippen LogP contribution in [-0.4, -0.2) is 39.8 Å². The summed E-state index contributed by atoms with van der Waals surface area (Å²) in [6, 6.07) is 18.3. The Morgan fingerprint density at radius 1 is 1.07 bits per heavy atom. The number of hydrogen-bond donors (Lipinski definition) is 0. The number of benzene rings is 2. The molecule has 0 amide bonds. The van der Waals surface area contributed by atoms with Crippen LogP contribution in [0.3, 0.4) is 0 Å². The maximum absolute atomic E-state index is 5.88. The van der Waals surface area contributed by atoms with E-state index in [1.807, 2.05) is 37.3 Å². The average molecular weight is 396 g/mol. The van der Waals surface area contributed by atoms with Gasteiger partial charge in [-0.2, -0.15) is 0 Å². The van der Waals surface area contributed by atoms with Gasteiger partial charge in [-0.25, -0.2) is 0 Å². The van der Waals surface area contributed by atoms with Crippen LogP contribution in [-0.2, 0) is 4.74 Å². The van der Waals surface area contributed by atoms with Crippen LogP contribution in [0, 0.1) is 0 Å². The Morgan fingerprint density at radius 2 is 1.89 bits per heavy atom. The second-order valence-corrected chi connectivity index (χ2v) is 7.72.